The summed E-state index contributed by atoms with van der Waals surface area (Å²) in [6, 6.07) is 7.56. The molecule has 0 aliphatic rings. The average Bonchev–Trinajstić information content (AvgIpc) is 2.46. The molecule has 0 radical (unpaired) electrons. The van der Waals surface area contributed by atoms with Gasteiger partial charge in [0.25, 0.3) is 5.91 Å². The van der Waals surface area contributed by atoms with Crippen LogP contribution in [0.3, 0.4) is 0 Å². The Bertz CT molecular complexity index is 541. The van der Waals surface area contributed by atoms with Gasteiger partial charge in [-0.3, -0.25) is 4.79 Å². The molecule has 0 fully saturated rings. The number of carboxylic acids is 1. The predicted molar refractivity (Wildman–Crippen MR) is 85.1 cm³/mol. The maximum absolute atomic E-state index is 12.1. The molecular weight excluding hydrogens is 282 g/mol. The molecule has 122 valence electrons. The summed E-state index contributed by atoms with van der Waals surface area (Å²) in [7, 11) is 0. The number of benzene rings is 1. The summed E-state index contributed by atoms with van der Waals surface area (Å²) < 4.78 is 5.63. The van der Waals surface area contributed by atoms with Gasteiger partial charge < -0.3 is 15.2 Å². The normalized spacial score (nSPS) is 15.0. The van der Waals surface area contributed by atoms with Crippen LogP contribution in [-0.2, 0) is 9.59 Å². The summed E-state index contributed by atoms with van der Waals surface area (Å²) in [5.41, 5.74) is -0.164. The van der Waals surface area contributed by atoms with Gasteiger partial charge in [-0.05, 0) is 43.9 Å². The van der Waals surface area contributed by atoms with E-state index in [1.807, 2.05) is 18.2 Å². The van der Waals surface area contributed by atoms with E-state index >= 15 is 0 Å². The van der Waals surface area contributed by atoms with Crippen LogP contribution in [0.1, 0.15) is 52.5 Å². The SMILES string of the molecule is CCC(C)(NC(=O)C(C)Oc1cccc(C(C)C)c1)C(=O)O. The number of amides is 1. The molecule has 2 unspecified atom stereocenters. The van der Waals surface area contributed by atoms with Crippen LogP contribution in [0.2, 0.25) is 0 Å². The molecule has 5 nitrogen and oxygen atoms in total. The van der Waals surface area contributed by atoms with Crippen molar-refractivity contribution in [3.05, 3.63) is 29.8 Å². The fourth-order valence-electron chi connectivity index (χ4n) is 1.87. The van der Waals surface area contributed by atoms with Crippen molar-refractivity contribution in [1.29, 1.82) is 0 Å². The Morgan fingerprint density at radius 3 is 2.45 bits per heavy atom. The van der Waals surface area contributed by atoms with Gasteiger partial charge in [-0.2, -0.15) is 0 Å². The molecule has 22 heavy (non-hydrogen) atoms. The third-order valence-corrected chi connectivity index (χ3v) is 3.79. The molecule has 0 saturated heterocycles. The lowest BCUT2D eigenvalue weighted by Gasteiger charge is -2.26. The zero-order valence-corrected chi connectivity index (χ0v) is 13.8. The summed E-state index contributed by atoms with van der Waals surface area (Å²) in [6.45, 7) is 8.96. The molecule has 1 rings (SSSR count). The minimum Gasteiger partial charge on any atom is -0.481 e. The molecule has 0 spiro atoms. The Hall–Kier alpha value is -2.04. The van der Waals surface area contributed by atoms with Crippen LogP contribution in [0.25, 0.3) is 0 Å². The van der Waals surface area contributed by atoms with Crippen molar-refractivity contribution >= 4 is 11.9 Å². The van der Waals surface area contributed by atoms with Gasteiger partial charge in [-0.1, -0.05) is 32.9 Å². The molecule has 2 atom stereocenters. The van der Waals surface area contributed by atoms with Gasteiger partial charge in [0, 0.05) is 0 Å². The van der Waals surface area contributed by atoms with Gasteiger partial charge >= 0.3 is 5.97 Å². The van der Waals surface area contributed by atoms with Crippen LogP contribution in [0.4, 0.5) is 0 Å². The number of ether oxygens (including phenoxy) is 1. The highest BCUT2D eigenvalue weighted by Gasteiger charge is 2.34. The highest BCUT2D eigenvalue weighted by Crippen LogP contribution is 2.21. The molecule has 0 aromatic heterocycles. The van der Waals surface area contributed by atoms with Gasteiger partial charge in [-0.25, -0.2) is 4.79 Å². The monoisotopic (exact) mass is 307 g/mol. The second-order valence-electron chi connectivity index (χ2n) is 5.97. The molecule has 2 N–H and O–H groups in total. The van der Waals surface area contributed by atoms with Crippen molar-refractivity contribution in [2.24, 2.45) is 0 Å². The number of carbonyl (C=O) groups is 2. The van der Waals surface area contributed by atoms with Gasteiger partial charge in [0.2, 0.25) is 0 Å². The van der Waals surface area contributed by atoms with Crippen molar-refractivity contribution < 1.29 is 19.4 Å². The van der Waals surface area contributed by atoms with Crippen molar-refractivity contribution in [3.63, 3.8) is 0 Å². The molecule has 0 aliphatic carbocycles. The number of carbonyl (C=O) groups excluding carboxylic acids is 1. The number of carboxylic acid groups (broad SMARTS) is 1. The first-order valence-corrected chi connectivity index (χ1v) is 7.51. The summed E-state index contributed by atoms with van der Waals surface area (Å²) >= 11 is 0. The van der Waals surface area contributed by atoms with E-state index in [0.717, 1.165) is 5.56 Å². The standard InChI is InChI=1S/C17H25NO4/c1-6-17(5,16(20)21)18-15(19)12(4)22-14-9-7-8-13(10-14)11(2)3/h7-12H,6H2,1-5H3,(H,18,19)(H,20,21). The van der Waals surface area contributed by atoms with Crippen molar-refractivity contribution in [3.8, 4) is 5.75 Å². The van der Waals surface area contributed by atoms with Crippen molar-refractivity contribution in [1.82, 2.24) is 5.32 Å². The predicted octanol–water partition coefficient (Wildman–Crippen LogP) is 2.95. The Balaban J connectivity index is 2.76. The molecule has 0 saturated carbocycles. The highest BCUT2D eigenvalue weighted by atomic mass is 16.5. The van der Waals surface area contributed by atoms with E-state index < -0.39 is 23.5 Å². The topological polar surface area (TPSA) is 75.6 Å². The third kappa shape index (κ3) is 4.48. The first kappa shape index (κ1) is 18.0. The molecule has 5 heteroatoms. The van der Waals surface area contributed by atoms with E-state index in [9.17, 15) is 14.7 Å². The number of rotatable bonds is 7. The summed E-state index contributed by atoms with van der Waals surface area (Å²) in [5.74, 6) is -0.537. The van der Waals surface area contributed by atoms with Gasteiger partial charge in [0.15, 0.2) is 6.10 Å². The maximum Gasteiger partial charge on any atom is 0.329 e. The second-order valence-corrected chi connectivity index (χ2v) is 5.97. The Morgan fingerprint density at radius 1 is 1.32 bits per heavy atom. The third-order valence-electron chi connectivity index (χ3n) is 3.79. The maximum atomic E-state index is 12.1. The van der Waals surface area contributed by atoms with E-state index in [0.29, 0.717) is 18.1 Å². The first-order chi connectivity index (χ1) is 10.2. The minimum atomic E-state index is -1.28. The lowest BCUT2D eigenvalue weighted by molar-refractivity contribution is -0.148. The molecule has 0 bridgehead atoms. The van der Waals surface area contributed by atoms with Crippen LogP contribution in [0.15, 0.2) is 24.3 Å². The van der Waals surface area contributed by atoms with Crippen LogP contribution < -0.4 is 10.1 Å². The van der Waals surface area contributed by atoms with E-state index in [2.05, 4.69) is 19.2 Å². The quantitative estimate of drug-likeness (QED) is 0.812. The first-order valence-electron chi connectivity index (χ1n) is 7.51. The van der Waals surface area contributed by atoms with Crippen LogP contribution in [0, 0.1) is 0 Å². The number of aliphatic carboxylic acids is 1. The molecule has 1 amide bonds. The smallest absolute Gasteiger partial charge is 0.329 e. The largest absolute Gasteiger partial charge is 0.481 e. The fraction of sp³-hybridized carbons (Fsp3) is 0.529. The zero-order valence-electron chi connectivity index (χ0n) is 13.8. The average molecular weight is 307 g/mol. The second kappa shape index (κ2) is 7.29. The van der Waals surface area contributed by atoms with Gasteiger partial charge in [0.05, 0.1) is 0 Å². The van der Waals surface area contributed by atoms with E-state index in [1.165, 1.54) is 6.92 Å². The Morgan fingerprint density at radius 2 is 1.95 bits per heavy atom. The zero-order chi connectivity index (χ0) is 16.9. The lowest BCUT2D eigenvalue weighted by Crippen LogP contribution is -2.54. The number of hydrogen-bond acceptors (Lipinski definition) is 3. The molecule has 0 aliphatic heterocycles. The molecule has 1 aromatic carbocycles. The summed E-state index contributed by atoms with van der Waals surface area (Å²) in [4.78, 5) is 23.4. The van der Waals surface area contributed by atoms with Crippen molar-refractivity contribution in [2.45, 2.75) is 58.6 Å². The van der Waals surface area contributed by atoms with Gasteiger partial charge in [-0.15, -0.1) is 0 Å². The van der Waals surface area contributed by atoms with E-state index in [-0.39, 0.29) is 0 Å². The van der Waals surface area contributed by atoms with Gasteiger partial charge in [0.1, 0.15) is 11.3 Å². The van der Waals surface area contributed by atoms with E-state index in [1.54, 1.807) is 19.9 Å². The van der Waals surface area contributed by atoms with Crippen LogP contribution >= 0.6 is 0 Å². The molecular formula is C17H25NO4. The number of hydrogen-bond donors (Lipinski definition) is 2. The van der Waals surface area contributed by atoms with Crippen molar-refractivity contribution in [2.75, 3.05) is 0 Å². The fourth-order valence-corrected chi connectivity index (χ4v) is 1.87. The van der Waals surface area contributed by atoms with Crippen LogP contribution in [-0.4, -0.2) is 28.6 Å². The van der Waals surface area contributed by atoms with E-state index in [4.69, 9.17) is 4.74 Å². The number of nitrogens with one attached hydrogen (secondary N) is 1. The Labute approximate surface area is 131 Å². The molecule has 1 aromatic rings. The highest BCUT2D eigenvalue weighted by molar-refractivity contribution is 5.88. The van der Waals surface area contributed by atoms with Crippen LogP contribution in [0.5, 0.6) is 5.75 Å². The Kier molecular flexibility index (Phi) is 5.97. The lowest BCUT2D eigenvalue weighted by atomic mass is 9.99. The minimum absolute atomic E-state index is 0.295. The summed E-state index contributed by atoms with van der Waals surface area (Å²) in [6.07, 6.45) is -0.475. The molecule has 0 heterocycles. The summed E-state index contributed by atoms with van der Waals surface area (Å²) in [5, 5.41) is 11.7.